The molecule has 7 nitrogen and oxygen atoms in total. The van der Waals surface area contributed by atoms with E-state index in [1.807, 2.05) is 50.2 Å². The number of non-ortho nitro benzene ring substituents is 2. The van der Waals surface area contributed by atoms with Crippen molar-refractivity contribution in [1.29, 1.82) is 0 Å². The summed E-state index contributed by atoms with van der Waals surface area (Å²) < 4.78 is 6.34. The van der Waals surface area contributed by atoms with E-state index in [4.69, 9.17) is 4.74 Å². The molecule has 0 bridgehead atoms. The van der Waals surface area contributed by atoms with Gasteiger partial charge in [0.2, 0.25) is 0 Å². The molecule has 0 atom stereocenters. The Balaban J connectivity index is 1.83. The van der Waals surface area contributed by atoms with Crippen LogP contribution in [0.1, 0.15) is 33.4 Å². The van der Waals surface area contributed by atoms with Crippen LogP contribution in [0.25, 0.3) is 11.1 Å². The van der Waals surface area contributed by atoms with Gasteiger partial charge in [-0.2, -0.15) is 0 Å². The zero-order valence-corrected chi connectivity index (χ0v) is 18.4. The molecular formula is C27H18N2O5. The first kappa shape index (κ1) is 20.1. The minimum absolute atomic E-state index is 0.0331. The Morgan fingerprint density at radius 3 is 1.47 bits per heavy atom. The number of rotatable bonds is 2. The maximum absolute atomic E-state index is 11.8. The number of nitro benzene ring substituents is 2. The summed E-state index contributed by atoms with van der Waals surface area (Å²) >= 11 is 0. The number of hydrogen-bond donors (Lipinski definition) is 0. The molecule has 6 rings (SSSR count). The predicted octanol–water partition coefficient (Wildman–Crippen LogP) is 6.59. The minimum Gasteiger partial charge on any atom is -0.457 e. The number of hydrogen-bond acceptors (Lipinski definition) is 5. The Bertz CT molecular complexity index is 1460. The quantitative estimate of drug-likeness (QED) is 0.219. The molecule has 1 aliphatic carbocycles. The van der Waals surface area contributed by atoms with Crippen molar-refractivity contribution in [2.24, 2.45) is 0 Å². The van der Waals surface area contributed by atoms with Crippen molar-refractivity contribution in [3.63, 3.8) is 0 Å². The molecule has 0 N–H and O–H groups in total. The van der Waals surface area contributed by atoms with Crippen LogP contribution in [0.3, 0.4) is 0 Å². The first-order valence-electron chi connectivity index (χ1n) is 10.8. The van der Waals surface area contributed by atoms with E-state index in [0.29, 0.717) is 11.5 Å². The summed E-state index contributed by atoms with van der Waals surface area (Å²) in [4.78, 5) is 22.7. The number of benzene rings is 4. The van der Waals surface area contributed by atoms with Crippen LogP contribution in [0.2, 0.25) is 0 Å². The van der Waals surface area contributed by atoms with Gasteiger partial charge in [-0.1, -0.05) is 24.3 Å². The van der Waals surface area contributed by atoms with Gasteiger partial charge in [0.15, 0.2) is 0 Å². The zero-order valence-electron chi connectivity index (χ0n) is 18.4. The smallest absolute Gasteiger partial charge is 0.269 e. The van der Waals surface area contributed by atoms with E-state index in [1.54, 1.807) is 24.3 Å². The van der Waals surface area contributed by atoms with E-state index >= 15 is 0 Å². The van der Waals surface area contributed by atoms with E-state index < -0.39 is 15.3 Å². The summed E-state index contributed by atoms with van der Waals surface area (Å²) in [6.07, 6.45) is 0. The van der Waals surface area contributed by atoms with Crippen LogP contribution < -0.4 is 4.74 Å². The van der Waals surface area contributed by atoms with Gasteiger partial charge in [0.1, 0.15) is 11.5 Å². The highest BCUT2D eigenvalue weighted by atomic mass is 16.6. The third-order valence-electron chi connectivity index (χ3n) is 6.83. The molecular weight excluding hydrogens is 432 g/mol. The lowest BCUT2D eigenvalue weighted by Gasteiger charge is -2.39. The topological polar surface area (TPSA) is 95.5 Å². The van der Waals surface area contributed by atoms with Crippen LogP contribution in [0.15, 0.2) is 72.8 Å². The molecule has 166 valence electrons. The van der Waals surface area contributed by atoms with Gasteiger partial charge in [0.05, 0.1) is 15.3 Å². The van der Waals surface area contributed by atoms with Crippen molar-refractivity contribution in [2.75, 3.05) is 0 Å². The fourth-order valence-corrected chi connectivity index (χ4v) is 5.42. The third kappa shape index (κ3) is 2.52. The van der Waals surface area contributed by atoms with Crippen molar-refractivity contribution < 1.29 is 14.6 Å². The molecule has 34 heavy (non-hydrogen) atoms. The second-order valence-electron chi connectivity index (χ2n) is 8.83. The molecule has 0 radical (unpaired) electrons. The molecule has 4 aromatic carbocycles. The normalized spacial score (nSPS) is 13.9. The summed E-state index contributed by atoms with van der Waals surface area (Å²) in [5.41, 5.74) is 5.61. The first-order chi connectivity index (χ1) is 16.3. The van der Waals surface area contributed by atoms with Crippen LogP contribution in [0.5, 0.6) is 11.5 Å². The van der Waals surface area contributed by atoms with Gasteiger partial charge in [-0.3, -0.25) is 20.2 Å². The largest absolute Gasteiger partial charge is 0.457 e. The zero-order chi connectivity index (χ0) is 23.8. The molecule has 0 unspecified atom stereocenters. The summed E-state index contributed by atoms with van der Waals surface area (Å²) in [6.45, 7) is 3.93. The molecule has 2 aliphatic rings. The average Bonchev–Trinajstić information content (AvgIpc) is 3.08. The van der Waals surface area contributed by atoms with Crippen molar-refractivity contribution in [2.45, 2.75) is 19.3 Å². The molecule has 7 heteroatoms. The Kier molecular flexibility index (Phi) is 3.99. The second-order valence-corrected chi connectivity index (χ2v) is 8.83. The molecule has 0 saturated carbocycles. The first-order valence-corrected chi connectivity index (χ1v) is 10.8. The van der Waals surface area contributed by atoms with Gasteiger partial charge in [-0.05, 0) is 71.5 Å². The lowest BCUT2D eigenvalue weighted by Crippen LogP contribution is -2.32. The maximum atomic E-state index is 11.8. The van der Waals surface area contributed by atoms with Gasteiger partial charge >= 0.3 is 0 Å². The van der Waals surface area contributed by atoms with Gasteiger partial charge in [-0.25, -0.2) is 0 Å². The Morgan fingerprint density at radius 2 is 1.06 bits per heavy atom. The monoisotopic (exact) mass is 450 g/mol. The summed E-state index contributed by atoms with van der Waals surface area (Å²) in [7, 11) is 0. The Hall–Kier alpha value is -4.52. The van der Waals surface area contributed by atoms with Gasteiger partial charge < -0.3 is 4.74 Å². The van der Waals surface area contributed by atoms with Gasteiger partial charge in [0.25, 0.3) is 11.4 Å². The number of aryl methyl sites for hydroxylation is 2. The highest BCUT2D eigenvalue weighted by molar-refractivity contribution is 5.90. The fourth-order valence-electron chi connectivity index (χ4n) is 5.42. The predicted molar refractivity (Wildman–Crippen MR) is 127 cm³/mol. The van der Waals surface area contributed by atoms with Crippen LogP contribution in [0, 0.1) is 34.1 Å². The maximum Gasteiger partial charge on any atom is 0.269 e. The Morgan fingerprint density at radius 1 is 0.618 bits per heavy atom. The summed E-state index contributed by atoms with van der Waals surface area (Å²) in [6, 6.07) is 21.4. The molecule has 1 spiro atoms. The fraction of sp³-hybridized carbons (Fsp3) is 0.111. The van der Waals surface area contributed by atoms with Crippen molar-refractivity contribution in [3.8, 4) is 22.6 Å². The number of fused-ring (bicyclic) bond motifs is 9. The lowest BCUT2D eigenvalue weighted by molar-refractivity contribution is -0.385. The third-order valence-corrected chi connectivity index (χ3v) is 6.83. The second kappa shape index (κ2) is 6.74. The van der Waals surface area contributed by atoms with Crippen LogP contribution in [-0.2, 0) is 5.41 Å². The van der Waals surface area contributed by atoms with E-state index in [0.717, 1.165) is 44.5 Å². The van der Waals surface area contributed by atoms with Crippen LogP contribution in [0.4, 0.5) is 11.4 Å². The minimum atomic E-state index is -0.993. The van der Waals surface area contributed by atoms with Crippen molar-refractivity contribution >= 4 is 11.4 Å². The molecule has 4 aromatic rings. The standard InChI is InChI=1S/C27H18N2O5/c1-15-3-9-21-25(11-15)34-26-12-16(2)4-10-22(26)27(21)23-13-17(28(30)31)5-7-19(23)20-8-6-18(29(32)33)14-24(20)27/h3-14H,1-2H3. The number of nitro groups is 2. The van der Waals surface area contributed by atoms with Gasteiger partial charge in [0, 0.05) is 35.4 Å². The molecule has 0 amide bonds. The van der Waals surface area contributed by atoms with Crippen molar-refractivity contribution in [3.05, 3.63) is 126 Å². The van der Waals surface area contributed by atoms with E-state index in [9.17, 15) is 20.2 Å². The average molecular weight is 450 g/mol. The van der Waals surface area contributed by atoms with Crippen molar-refractivity contribution in [1.82, 2.24) is 0 Å². The highest BCUT2D eigenvalue weighted by Crippen LogP contribution is 2.63. The summed E-state index contributed by atoms with van der Waals surface area (Å²) in [5, 5.41) is 23.5. The van der Waals surface area contributed by atoms with Crippen LogP contribution >= 0.6 is 0 Å². The Labute approximate surface area is 194 Å². The van der Waals surface area contributed by atoms with E-state index in [-0.39, 0.29) is 11.4 Å². The molecule has 0 fully saturated rings. The molecule has 0 saturated heterocycles. The molecule has 1 heterocycles. The lowest BCUT2D eigenvalue weighted by atomic mass is 9.65. The molecule has 0 aromatic heterocycles. The number of ether oxygens (including phenoxy) is 1. The van der Waals surface area contributed by atoms with E-state index in [1.165, 1.54) is 12.1 Å². The van der Waals surface area contributed by atoms with Crippen LogP contribution in [-0.4, -0.2) is 9.85 Å². The SMILES string of the molecule is Cc1ccc2c(c1)Oc1cc(C)ccc1C21c2cc([N+](=O)[O-])ccc2-c2ccc([N+](=O)[O-])cc21. The number of nitrogens with zero attached hydrogens (tertiary/aromatic N) is 2. The van der Waals surface area contributed by atoms with Gasteiger partial charge in [-0.15, -0.1) is 0 Å². The molecule has 1 aliphatic heterocycles. The summed E-state index contributed by atoms with van der Waals surface area (Å²) in [5.74, 6) is 1.27. The van der Waals surface area contributed by atoms with E-state index in [2.05, 4.69) is 0 Å². The highest BCUT2D eigenvalue weighted by Gasteiger charge is 2.52.